The summed E-state index contributed by atoms with van der Waals surface area (Å²) in [5.74, 6) is 1.43. The second-order valence-electron chi connectivity index (χ2n) is 5.16. The molecule has 0 spiro atoms. The Balaban J connectivity index is 1.59. The summed E-state index contributed by atoms with van der Waals surface area (Å²) in [5.41, 5.74) is 0. The third kappa shape index (κ3) is 2.98. The van der Waals surface area contributed by atoms with Crippen LogP contribution in [0.25, 0.3) is 0 Å². The Morgan fingerprint density at radius 3 is 2.71 bits per heavy atom. The van der Waals surface area contributed by atoms with Gasteiger partial charge in [-0.05, 0) is 25.3 Å². The zero-order valence-corrected chi connectivity index (χ0v) is 13.0. The maximum atomic E-state index is 12.3. The molecular formula is C14H18N4O2S. The fraction of sp³-hybridized carbons (Fsp3) is 0.500. The molecule has 7 heteroatoms. The molecule has 0 radical (unpaired) electrons. The van der Waals surface area contributed by atoms with E-state index < -0.39 is 0 Å². The number of nitrogens with zero attached hydrogens (tertiary/aromatic N) is 4. The van der Waals surface area contributed by atoms with E-state index in [1.165, 1.54) is 11.3 Å². The molecule has 1 fully saturated rings. The summed E-state index contributed by atoms with van der Waals surface area (Å²) < 4.78 is 5.23. The first-order chi connectivity index (χ1) is 10.1. The van der Waals surface area contributed by atoms with Crippen LogP contribution in [0.5, 0.6) is 0 Å². The Morgan fingerprint density at radius 2 is 2.14 bits per heavy atom. The Morgan fingerprint density at radius 1 is 1.38 bits per heavy atom. The number of hydrogen-bond acceptors (Lipinski definition) is 6. The molecule has 0 N–H and O–H groups in total. The van der Waals surface area contributed by atoms with Crippen molar-refractivity contribution in [3.05, 3.63) is 34.1 Å². The molecule has 0 aromatic carbocycles. The zero-order chi connectivity index (χ0) is 14.8. The number of hydrogen-bond donors (Lipinski definition) is 0. The minimum atomic E-state index is 0.0881. The second-order valence-corrected chi connectivity index (χ2v) is 6.11. The third-order valence-corrected chi connectivity index (χ3v) is 4.64. The fourth-order valence-corrected chi connectivity index (χ4v) is 3.20. The van der Waals surface area contributed by atoms with E-state index in [9.17, 15) is 4.79 Å². The van der Waals surface area contributed by atoms with E-state index in [2.05, 4.69) is 22.0 Å². The van der Waals surface area contributed by atoms with Crippen molar-refractivity contribution in [3.63, 3.8) is 0 Å². The molecular weight excluding hydrogens is 288 g/mol. The van der Waals surface area contributed by atoms with Gasteiger partial charge in [0.15, 0.2) is 5.82 Å². The molecule has 21 heavy (non-hydrogen) atoms. The first kappa shape index (κ1) is 14.2. The molecule has 1 atom stereocenters. The van der Waals surface area contributed by atoms with Crippen LogP contribution in [0.1, 0.15) is 34.4 Å². The van der Waals surface area contributed by atoms with E-state index in [0.717, 1.165) is 31.1 Å². The second kappa shape index (κ2) is 5.95. The molecule has 3 rings (SSSR count). The smallest absolute Gasteiger partial charge is 0.264 e. The summed E-state index contributed by atoms with van der Waals surface area (Å²) in [6.07, 6.45) is 0. The molecule has 2 aromatic rings. The van der Waals surface area contributed by atoms with Gasteiger partial charge in [-0.15, -0.1) is 11.3 Å². The van der Waals surface area contributed by atoms with Gasteiger partial charge in [0.05, 0.1) is 10.9 Å². The van der Waals surface area contributed by atoms with Crippen molar-refractivity contribution in [1.29, 1.82) is 0 Å². The summed E-state index contributed by atoms with van der Waals surface area (Å²) in [6, 6.07) is 3.88. The predicted molar refractivity (Wildman–Crippen MR) is 79.2 cm³/mol. The van der Waals surface area contributed by atoms with Crippen LogP contribution in [0.2, 0.25) is 0 Å². The highest BCUT2D eigenvalue weighted by molar-refractivity contribution is 7.12. The van der Waals surface area contributed by atoms with Crippen LogP contribution in [0.15, 0.2) is 22.0 Å². The van der Waals surface area contributed by atoms with Gasteiger partial charge in [0, 0.05) is 26.2 Å². The SMILES string of the molecule is Cc1noc([C@@H](C)N2CCN(C(=O)c3cccs3)CC2)n1. The van der Waals surface area contributed by atoms with Crippen molar-refractivity contribution in [1.82, 2.24) is 19.9 Å². The summed E-state index contributed by atoms with van der Waals surface area (Å²) in [7, 11) is 0. The number of aryl methyl sites for hydroxylation is 1. The number of amides is 1. The molecule has 1 amide bonds. The normalized spacial score (nSPS) is 17.9. The maximum Gasteiger partial charge on any atom is 0.264 e. The molecule has 3 heterocycles. The lowest BCUT2D eigenvalue weighted by Gasteiger charge is -2.36. The lowest BCUT2D eigenvalue weighted by Crippen LogP contribution is -2.49. The lowest BCUT2D eigenvalue weighted by atomic mass is 10.2. The number of carbonyl (C=O) groups is 1. The largest absolute Gasteiger partial charge is 0.338 e. The first-order valence-electron chi connectivity index (χ1n) is 7.02. The van der Waals surface area contributed by atoms with Crippen molar-refractivity contribution >= 4 is 17.2 Å². The van der Waals surface area contributed by atoms with Crippen LogP contribution in [0, 0.1) is 6.92 Å². The van der Waals surface area contributed by atoms with E-state index >= 15 is 0 Å². The van der Waals surface area contributed by atoms with E-state index in [4.69, 9.17) is 4.52 Å². The van der Waals surface area contributed by atoms with Crippen LogP contribution in [0.4, 0.5) is 0 Å². The van der Waals surface area contributed by atoms with E-state index in [0.29, 0.717) is 11.7 Å². The monoisotopic (exact) mass is 306 g/mol. The van der Waals surface area contributed by atoms with Crippen LogP contribution >= 0.6 is 11.3 Å². The Hall–Kier alpha value is -1.73. The highest BCUT2D eigenvalue weighted by Gasteiger charge is 2.27. The number of thiophene rings is 1. The standard InChI is InChI=1S/C14H18N4O2S/c1-10(13-15-11(2)16-20-13)17-5-7-18(8-6-17)14(19)12-4-3-9-21-12/h3-4,9-10H,5-8H2,1-2H3/t10-/m1/s1. The molecule has 1 aliphatic heterocycles. The van der Waals surface area contributed by atoms with Crippen molar-refractivity contribution in [2.45, 2.75) is 19.9 Å². The summed E-state index contributed by atoms with van der Waals surface area (Å²) in [6.45, 7) is 6.98. The van der Waals surface area contributed by atoms with Gasteiger partial charge >= 0.3 is 0 Å². The summed E-state index contributed by atoms with van der Waals surface area (Å²) >= 11 is 1.49. The molecule has 0 saturated carbocycles. The number of rotatable bonds is 3. The van der Waals surface area contributed by atoms with Crippen LogP contribution in [-0.4, -0.2) is 52.0 Å². The quantitative estimate of drug-likeness (QED) is 0.867. The van der Waals surface area contributed by atoms with Gasteiger partial charge < -0.3 is 9.42 Å². The van der Waals surface area contributed by atoms with E-state index in [1.807, 2.05) is 29.3 Å². The molecule has 2 aromatic heterocycles. The van der Waals surface area contributed by atoms with Gasteiger partial charge in [0.25, 0.3) is 5.91 Å². The average Bonchev–Trinajstić information content (AvgIpc) is 3.17. The highest BCUT2D eigenvalue weighted by Crippen LogP contribution is 2.21. The molecule has 0 unspecified atom stereocenters. The molecule has 6 nitrogen and oxygen atoms in total. The Kier molecular flexibility index (Phi) is 4.03. The van der Waals surface area contributed by atoms with E-state index in [1.54, 1.807) is 0 Å². The minimum Gasteiger partial charge on any atom is -0.338 e. The van der Waals surface area contributed by atoms with Crippen molar-refractivity contribution in [2.24, 2.45) is 0 Å². The van der Waals surface area contributed by atoms with Crippen molar-refractivity contribution in [3.8, 4) is 0 Å². The van der Waals surface area contributed by atoms with Gasteiger partial charge in [-0.2, -0.15) is 4.98 Å². The number of piperazine rings is 1. The summed E-state index contributed by atoms with van der Waals surface area (Å²) in [5, 5.41) is 5.77. The average molecular weight is 306 g/mol. The Bertz CT molecular complexity index is 602. The molecule has 0 bridgehead atoms. The first-order valence-corrected chi connectivity index (χ1v) is 7.90. The third-order valence-electron chi connectivity index (χ3n) is 3.78. The fourth-order valence-electron chi connectivity index (χ4n) is 2.51. The van der Waals surface area contributed by atoms with Crippen LogP contribution in [0.3, 0.4) is 0 Å². The zero-order valence-electron chi connectivity index (χ0n) is 12.2. The topological polar surface area (TPSA) is 62.5 Å². The summed E-state index contributed by atoms with van der Waals surface area (Å²) in [4.78, 5) is 21.6. The van der Waals surface area contributed by atoms with Crippen LogP contribution < -0.4 is 0 Å². The molecule has 1 aliphatic rings. The number of aromatic nitrogens is 2. The van der Waals surface area contributed by atoms with E-state index in [-0.39, 0.29) is 11.9 Å². The molecule has 1 saturated heterocycles. The molecule has 112 valence electrons. The van der Waals surface area contributed by atoms with Gasteiger partial charge in [0.2, 0.25) is 5.89 Å². The van der Waals surface area contributed by atoms with Gasteiger partial charge in [-0.25, -0.2) is 0 Å². The predicted octanol–water partition coefficient (Wildman–Crippen LogP) is 1.96. The minimum absolute atomic E-state index is 0.0881. The maximum absolute atomic E-state index is 12.3. The molecule has 0 aliphatic carbocycles. The van der Waals surface area contributed by atoms with Gasteiger partial charge in [0.1, 0.15) is 0 Å². The van der Waals surface area contributed by atoms with Crippen molar-refractivity contribution in [2.75, 3.05) is 26.2 Å². The van der Waals surface area contributed by atoms with Crippen LogP contribution in [-0.2, 0) is 0 Å². The van der Waals surface area contributed by atoms with Gasteiger partial charge in [-0.3, -0.25) is 9.69 Å². The lowest BCUT2D eigenvalue weighted by molar-refractivity contribution is 0.0556. The number of carbonyl (C=O) groups excluding carboxylic acids is 1. The van der Waals surface area contributed by atoms with Gasteiger partial charge in [-0.1, -0.05) is 11.2 Å². The highest BCUT2D eigenvalue weighted by atomic mass is 32.1. The van der Waals surface area contributed by atoms with Crippen molar-refractivity contribution < 1.29 is 9.32 Å². The Labute approximate surface area is 127 Å².